The zero-order valence-electron chi connectivity index (χ0n) is 7.05. The highest BCUT2D eigenvalue weighted by Crippen LogP contribution is 2.36. The molecule has 2 fully saturated rings. The van der Waals surface area contributed by atoms with Crippen LogP contribution in [-0.4, -0.2) is 29.3 Å². The van der Waals surface area contributed by atoms with E-state index in [-0.39, 0.29) is 0 Å². The van der Waals surface area contributed by atoms with Crippen molar-refractivity contribution in [2.75, 3.05) is 6.54 Å². The van der Waals surface area contributed by atoms with Crippen molar-refractivity contribution >= 4 is 5.78 Å². The number of nitrogens with zero attached hydrogens (tertiary/aromatic N) is 1. The molecule has 0 amide bonds. The van der Waals surface area contributed by atoms with Gasteiger partial charge < -0.3 is 0 Å². The Morgan fingerprint density at radius 2 is 1.73 bits per heavy atom. The molecule has 2 heterocycles. The van der Waals surface area contributed by atoms with E-state index in [1.807, 2.05) is 0 Å². The van der Waals surface area contributed by atoms with Gasteiger partial charge in [0.1, 0.15) is 5.78 Å². The average Bonchev–Trinajstić information content (AvgIpc) is 2.48. The standard InChI is InChI=1S/C9H15NO/c1-7(11)6-10-8-2-3-9(10)5-4-8/h8-9H,2-6H2,1H3. The summed E-state index contributed by atoms with van der Waals surface area (Å²) in [6, 6.07) is 1.51. The Bertz CT molecular complexity index is 158. The molecule has 2 aliphatic rings. The molecule has 0 spiro atoms. The molecule has 0 saturated carbocycles. The fourth-order valence-electron chi connectivity index (χ4n) is 2.53. The topological polar surface area (TPSA) is 20.3 Å². The van der Waals surface area contributed by atoms with E-state index in [0.29, 0.717) is 12.3 Å². The first-order chi connectivity index (χ1) is 5.27. The van der Waals surface area contributed by atoms with Gasteiger partial charge in [-0.15, -0.1) is 0 Å². The largest absolute Gasteiger partial charge is 0.299 e. The summed E-state index contributed by atoms with van der Waals surface area (Å²) in [6.45, 7) is 2.40. The lowest BCUT2D eigenvalue weighted by Crippen LogP contribution is -2.32. The number of carbonyl (C=O) groups excluding carboxylic acids is 1. The summed E-state index contributed by atoms with van der Waals surface area (Å²) < 4.78 is 0. The van der Waals surface area contributed by atoms with E-state index >= 15 is 0 Å². The van der Waals surface area contributed by atoms with E-state index in [4.69, 9.17) is 0 Å². The molecule has 0 N–H and O–H groups in total. The predicted molar refractivity (Wildman–Crippen MR) is 43.4 cm³/mol. The normalized spacial score (nSPS) is 36.5. The number of hydrogen-bond donors (Lipinski definition) is 0. The molecule has 0 aromatic heterocycles. The van der Waals surface area contributed by atoms with Gasteiger partial charge in [0.05, 0.1) is 6.54 Å². The molecule has 2 aliphatic heterocycles. The Morgan fingerprint density at radius 1 is 1.27 bits per heavy atom. The Kier molecular flexibility index (Phi) is 1.72. The molecule has 2 bridgehead atoms. The van der Waals surface area contributed by atoms with E-state index < -0.39 is 0 Å². The van der Waals surface area contributed by atoms with Gasteiger partial charge in [0.2, 0.25) is 0 Å². The van der Waals surface area contributed by atoms with Gasteiger partial charge in [-0.25, -0.2) is 0 Å². The van der Waals surface area contributed by atoms with Gasteiger partial charge in [0.15, 0.2) is 0 Å². The van der Waals surface area contributed by atoms with E-state index in [1.165, 1.54) is 25.7 Å². The molecular weight excluding hydrogens is 138 g/mol. The lowest BCUT2D eigenvalue weighted by Gasteiger charge is -2.19. The summed E-state index contributed by atoms with van der Waals surface area (Å²) in [6.07, 6.45) is 5.33. The fraction of sp³-hybridized carbons (Fsp3) is 0.889. The molecule has 0 aliphatic carbocycles. The van der Waals surface area contributed by atoms with E-state index in [9.17, 15) is 4.79 Å². The number of Topliss-reactive ketones (excluding diaryl/α,β-unsaturated/α-hetero) is 1. The van der Waals surface area contributed by atoms with Crippen LogP contribution in [-0.2, 0) is 4.79 Å². The number of rotatable bonds is 2. The number of hydrogen-bond acceptors (Lipinski definition) is 2. The molecule has 0 aromatic rings. The van der Waals surface area contributed by atoms with Crippen LogP contribution in [0.4, 0.5) is 0 Å². The third-order valence-electron chi connectivity index (χ3n) is 3.01. The molecule has 2 nitrogen and oxygen atoms in total. The van der Waals surface area contributed by atoms with Gasteiger partial charge in [-0.3, -0.25) is 9.69 Å². The summed E-state index contributed by atoms with van der Waals surface area (Å²) in [4.78, 5) is 13.3. The third kappa shape index (κ3) is 1.20. The quantitative estimate of drug-likeness (QED) is 0.594. The van der Waals surface area contributed by atoms with Gasteiger partial charge >= 0.3 is 0 Å². The van der Waals surface area contributed by atoms with Crippen molar-refractivity contribution in [2.45, 2.75) is 44.7 Å². The van der Waals surface area contributed by atoms with Gasteiger partial charge in [0, 0.05) is 12.1 Å². The Hall–Kier alpha value is -0.370. The molecular formula is C9H15NO. The minimum absolute atomic E-state index is 0.323. The van der Waals surface area contributed by atoms with Crippen molar-refractivity contribution < 1.29 is 4.79 Å². The van der Waals surface area contributed by atoms with Gasteiger partial charge in [-0.2, -0.15) is 0 Å². The summed E-state index contributed by atoms with van der Waals surface area (Å²) in [7, 11) is 0. The van der Waals surface area contributed by atoms with Gasteiger partial charge in [-0.05, 0) is 32.6 Å². The maximum Gasteiger partial charge on any atom is 0.143 e. The minimum Gasteiger partial charge on any atom is -0.299 e. The van der Waals surface area contributed by atoms with Crippen LogP contribution >= 0.6 is 0 Å². The van der Waals surface area contributed by atoms with E-state index in [2.05, 4.69) is 4.90 Å². The van der Waals surface area contributed by atoms with Crippen LogP contribution in [0.25, 0.3) is 0 Å². The highest BCUT2D eigenvalue weighted by Gasteiger charge is 2.39. The van der Waals surface area contributed by atoms with Crippen LogP contribution < -0.4 is 0 Å². The van der Waals surface area contributed by atoms with Crippen molar-refractivity contribution in [3.8, 4) is 0 Å². The highest BCUT2D eigenvalue weighted by molar-refractivity contribution is 5.77. The van der Waals surface area contributed by atoms with Crippen LogP contribution in [0.5, 0.6) is 0 Å². The second-order valence-corrected chi connectivity index (χ2v) is 3.84. The Labute approximate surface area is 67.6 Å². The Morgan fingerprint density at radius 3 is 2.09 bits per heavy atom. The first-order valence-corrected chi connectivity index (χ1v) is 4.52. The minimum atomic E-state index is 0.323. The SMILES string of the molecule is CC(=O)CN1C2CCC1CC2. The first-order valence-electron chi connectivity index (χ1n) is 4.52. The van der Waals surface area contributed by atoms with Gasteiger partial charge in [-0.1, -0.05) is 0 Å². The number of ketones is 1. The second kappa shape index (κ2) is 2.59. The zero-order chi connectivity index (χ0) is 7.84. The highest BCUT2D eigenvalue weighted by atomic mass is 16.1. The smallest absolute Gasteiger partial charge is 0.143 e. The Balaban J connectivity index is 1.99. The maximum atomic E-state index is 10.9. The van der Waals surface area contributed by atoms with Crippen molar-refractivity contribution in [1.82, 2.24) is 4.90 Å². The molecule has 0 aromatic carbocycles. The van der Waals surface area contributed by atoms with Crippen LogP contribution in [0, 0.1) is 0 Å². The van der Waals surface area contributed by atoms with Crippen LogP contribution in [0.3, 0.4) is 0 Å². The second-order valence-electron chi connectivity index (χ2n) is 3.84. The van der Waals surface area contributed by atoms with E-state index in [0.717, 1.165) is 12.1 Å². The number of carbonyl (C=O) groups is 1. The summed E-state index contributed by atoms with van der Waals surface area (Å²) in [5.74, 6) is 0.323. The summed E-state index contributed by atoms with van der Waals surface area (Å²) in [5.41, 5.74) is 0. The van der Waals surface area contributed by atoms with Crippen LogP contribution in [0.2, 0.25) is 0 Å². The molecule has 2 rings (SSSR count). The zero-order valence-corrected chi connectivity index (χ0v) is 7.05. The first kappa shape index (κ1) is 7.29. The van der Waals surface area contributed by atoms with Crippen molar-refractivity contribution in [3.63, 3.8) is 0 Å². The van der Waals surface area contributed by atoms with Crippen LogP contribution in [0.1, 0.15) is 32.6 Å². The summed E-state index contributed by atoms with van der Waals surface area (Å²) >= 11 is 0. The van der Waals surface area contributed by atoms with Crippen LogP contribution in [0.15, 0.2) is 0 Å². The molecule has 2 heteroatoms. The molecule has 11 heavy (non-hydrogen) atoms. The average molecular weight is 153 g/mol. The lowest BCUT2D eigenvalue weighted by atomic mass is 10.0. The molecule has 0 unspecified atom stereocenters. The third-order valence-corrected chi connectivity index (χ3v) is 3.01. The molecule has 62 valence electrons. The lowest BCUT2D eigenvalue weighted by molar-refractivity contribution is -0.118. The fourth-order valence-corrected chi connectivity index (χ4v) is 2.53. The maximum absolute atomic E-state index is 10.9. The van der Waals surface area contributed by atoms with Crippen molar-refractivity contribution in [2.24, 2.45) is 0 Å². The predicted octanol–water partition coefficient (Wildman–Crippen LogP) is 1.20. The molecule has 0 atom stereocenters. The van der Waals surface area contributed by atoms with E-state index in [1.54, 1.807) is 6.92 Å². The number of fused-ring (bicyclic) bond motifs is 2. The van der Waals surface area contributed by atoms with Crippen molar-refractivity contribution in [1.29, 1.82) is 0 Å². The van der Waals surface area contributed by atoms with Gasteiger partial charge in [0.25, 0.3) is 0 Å². The monoisotopic (exact) mass is 153 g/mol. The summed E-state index contributed by atoms with van der Waals surface area (Å²) in [5, 5.41) is 0. The van der Waals surface area contributed by atoms with Crippen molar-refractivity contribution in [3.05, 3.63) is 0 Å². The molecule has 0 radical (unpaired) electrons. The molecule has 2 saturated heterocycles.